The number of aromatic nitrogens is 2. The van der Waals surface area contributed by atoms with Crippen molar-refractivity contribution in [3.8, 4) is 6.07 Å². The van der Waals surface area contributed by atoms with Crippen molar-refractivity contribution >= 4 is 5.82 Å². The summed E-state index contributed by atoms with van der Waals surface area (Å²) in [4.78, 5) is 0. The number of nitrogens with one attached hydrogen (secondary N) is 1. The van der Waals surface area contributed by atoms with Crippen LogP contribution in [0, 0.1) is 18.3 Å². The number of aryl methyl sites for hydroxylation is 2. The molecule has 0 aromatic carbocycles. The van der Waals surface area contributed by atoms with Crippen molar-refractivity contribution in [3.05, 3.63) is 11.3 Å². The summed E-state index contributed by atoms with van der Waals surface area (Å²) in [5.41, 5.74) is 1.41. The van der Waals surface area contributed by atoms with E-state index in [2.05, 4.69) is 37.3 Å². The van der Waals surface area contributed by atoms with Gasteiger partial charge in [0.25, 0.3) is 0 Å². The molecule has 1 N–H and O–H groups in total. The molecular formula is C12H20N4. The summed E-state index contributed by atoms with van der Waals surface area (Å²) >= 11 is 0. The molecule has 4 heteroatoms. The van der Waals surface area contributed by atoms with Gasteiger partial charge in [0.2, 0.25) is 0 Å². The molecule has 4 nitrogen and oxygen atoms in total. The highest BCUT2D eigenvalue weighted by Gasteiger charge is 2.21. The number of anilines is 1. The van der Waals surface area contributed by atoms with Crippen LogP contribution in [0.25, 0.3) is 0 Å². The second-order valence-corrected chi connectivity index (χ2v) is 4.80. The largest absolute Gasteiger partial charge is 0.364 e. The average Bonchev–Trinajstić information content (AvgIpc) is 2.40. The first-order valence-corrected chi connectivity index (χ1v) is 5.63. The van der Waals surface area contributed by atoms with E-state index in [-0.39, 0.29) is 5.54 Å². The Morgan fingerprint density at radius 1 is 1.50 bits per heavy atom. The van der Waals surface area contributed by atoms with E-state index in [1.54, 1.807) is 4.68 Å². The van der Waals surface area contributed by atoms with E-state index in [1.165, 1.54) is 0 Å². The zero-order valence-corrected chi connectivity index (χ0v) is 10.8. The molecular weight excluding hydrogens is 200 g/mol. The second-order valence-electron chi connectivity index (χ2n) is 4.80. The monoisotopic (exact) mass is 220 g/mol. The Bertz CT molecular complexity index is 409. The van der Waals surface area contributed by atoms with E-state index in [9.17, 15) is 0 Å². The molecule has 0 fully saturated rings. The van der Waals surface area contributed by atoms with Crippen LogP contribution in [0.4, 0.5) is 5.82 Å². The third-order valence-corrected chi connectivity index (χ3v) is 2.67. The lowest BCUT2D eigenvalue weighted by Gasteiger charge is -2.27. The van der Waals surface area contributed by atoms with Gasteiger partial charge in [0, 0.05) is 12.6 Å². The minimum atomic E-state index is -0.0133. The molecule has 0 bridgehead atoms. The average molecular weight is 220 g/mol. The molecule has 1 aromatic rings. The van der Waals surface area contributed by atoms with Crippen LogP contribution >= 0.6 is 0 Å². The summed E-state index contributed by atoms with van der Waals surface area (Å²) in [6.07, 6.45) is 2.17. The van der Waals surface area contributed by atoms with Crippen LogP contribution in [-0.2, 0) is 7.05 Å². The first kappa shape index (κ1) is 12.6. The third kappa shape index (κ3) is 2.54. The SMILES string of the molecule is CCCC(C)(C)Nc1c(C#N)c(C)nn1C. The van der Waals surface area contributed by atoms with Crippen LogP contribution in [-0.4, -0.2) is 15.3 Å². The van der Waals surface area contributed by atoms with Crippen LogP contribution in [0.5, 0.6) is 0 Å². The molecule has 0 spiro atoms. The van der Waals surface area contributed by atoms with E-state index in [4.69, 9.17) is 5.26 Å². The highest BCUT2D eigenvalue weighted by Crippen LogP contribution is 2.23. The molecule has 0 aliphatic heterocycles. The lowest BCUT2D eigenvalue weighted by atomic mass is 9.99. The van der Waals surface area contributed by atoms with Gasteiger partial charge < -0.3 is 5.32 Å². The van der Waals surface area contributed by atoms with E-state index >= 15 is 0 Å². The Balaban J connectivity index is 3.02. The van der Waals surface area contributed by atoms with Crippen molar-refractivity contribution in [2.24, 2.45) is 7.05 Å². The summed E-state index contributed by atoms with van der Waals surface area (Å²) < 4.78 is 1.74. The Labute approximate surface area is 97.3 Å². The maximum absolute atomic E-state index is 9.10. The van der Waals surface area contributed by atoms with Gasteiger partial charge in [0.05, 0.1) is 5.69 Å². The smallest absolute Gasteiger partial charge is 0.142 e. The molecule has 0 aliphatic rings. The van der Waals surface area contributed by atoms with E-state index in [0.29, 0.717) is 5.56 Å². The molecule has 88 valence electrons. The molecule has 0 amide bonds. The lowest BCUT2D eigenvalue weighted by molar-refractivity contribution is 0.504. The second kappa shape index (κ2) is 4.56. The summed E-state index contributed by atoms with van der Waals surface area (Å²) in [7, 11) is 1.86. The van der Waals surface area contributed by atoms with Gasteiger partial charge in [-0.3, -0.25) is 4.68 Å². The number of hydrogen-bond donors (Lipinski definition) is 1. The maximum Gasteiger partial charge on any atom is 0.142 e. The van der Waals surface area contributed by atoms with Gasteiger partial charge in [0.15, 0.2) is 0 Å². The standard InChI is InChI=1S/C12H20N4/c1-6-7-12(3,4)14-11-10(8-13)9(2)15-16(11)5/h14H,6-7H2,1-5H3. The molecule has 0 unspecified atom stereocenters. The van der Waals surface area contributed by atoms with Crippen molar-refractivity contribution in [2.75, 3.05) is 5.32 Å². The fourth-order valence-corrected chi connectivity index (χ4v) is 1.94. The molecule has 1 aromatic heterocycles. The molecule has 0 aliphatic carbocycles. The molecule has 16 heavy (non-hydrogen) atoms. The van der Waals surface area contributed by atoms with Crippen LogP contribution in [0.1, 0.15) is 44.9 Å². The zero-order valence-electron chi connectivity index (χ0n) is 10.8. The van der Waals surface area contributed by atoms with E-state index < -0.39 is 0 Å². The lowest BCUT2D eigenvalue weighted by Crippen LogP contribution is -2.31. The Hall–Kier alpha value is -1.50. The van der Waals surface area contributed by atoms with Crippen molar-refractivity contribution in [2.45, 2.75) is 46.1 Å². The number of rotatable bonds is 4. The highest BCUT2D eigenvalue weighted by atomic mass is 15.3. The Morgan fingerprint density at radius 3 is 2.62 bits per heavy atom. The van der Waals surface area contributed by atoms with Gasteiger partial charge in [-0.25, -0.2) is 0 Å². The van der Waals surface area contributed by atoms with E-state index in [1.807, 2.05) is 14.0 Å². The third-order valence-electron chi connectivity index (χ3n) is 2.67. The summed E-state index contributed by atoms with van der Waals surface area (Å²) in [6.45, 7) is 8.29. The van der Waals surface area contributed by atoms with Gasteiger partial charge in [-0.15, -0.1) is 0 Å². The predicted molar refractivity (Wildman–Crippen MR) is 65.3 cm³/mol. The molecule has 0 radical (unpaired) electrons. The quantitative estimate of drug-likeness (QED) is 0.848. The van der Waals surface area contributed by atoms with Gasteiger partial charge in [-0.1, -0.05) is 13.3 Å². The molecule has 0 atom stereocenters. The van der Waals surface area contributed by atoms with E-state index in [0.717, 1.165) is 24.4 Å². The van der Waals surface area contributed by atoms with Gasteiger partial charge in [0.1, 0.15) is 17.5 Å². The van der Waals surface area contributed by atoms with Crippen molar-refractivity contribution < 1.29 is 0 Å². The molecule has 0 saturated carbocycles. The normalized spacial score (nSPS) is 11.2. The zero-order chi connectivity index (χ0) is 12.3. The van der Waals surface area contributed by atoms with Crippen molar-refractivity contribution in [1.29, 1.82) is 5.26 Å². The van der Waals surface area contributed by atoms with Crippen LogP contribution in [0.15, 0.2) is 0 Å². The van der Waals surface area contributed by atoms with Gasteiger partial charge >= 0.3 is 0 Å². The summed E-state index contributed by atoms with van der Waals surface area (Å²) in [6, 6.07) is 2.20. The molecule has 0 saturated heterocycles. The summed E-state index contributed by atoms with van der Waals surface area (Å²) in [5, 5.41) is 16.8. The predicted octanol–water partition coefficient (Wildman–Crippen LogP) is 2.59. The van der Waals surface area contributed by atoms with Gasteiger partial charge in [-0.2, -0.15) is 10.4 Å². The summed E-state index contributed by atoms with van der Waals surface area (Å²) in [5.74, 6) is 0.818. The van der Waals surface area contributed by atoms with Crippen LogP contribution < -0.4 is 5.32 Å². The Kier molecular flexibility index (Phi) is 3.58. The van der Waals surface area contributed by atoms with Gasteiger partial charge in [-0.05, 0) is 27.2 Å². The minimum Gasteiger partial charge on any atom is -0.364 e. The minimum absolute atomic E-state index is 0.0133. The fourth-order valence-electron chi connectivity index (χ4n) is 1.94. The molecule has 1 rings (SSSR count). The van der Waals surface area contributed by atoms with Crippen molar-refractivity contribution in [1.82, 2.24) is 9.78 Å². The van der Waals surface area contributed by atoms with Crippen LogP contribution in [0.2, 0.25) is 0 Å². The van der Waals surface area contributed by atoms with Crippen LogP contribution in [0.3, 0.4) is 0 Å². The fraction of sp³-hybridized carbons (Fsp3) is 0.667. The first-order chi connectivity index (χ1) is 7.41. The topological polar surface area (TPSA) is 53.6 Å². The number of nitrogens with zero attached hydrogens (tertiary/aromatic N) is 3. The maximum atomic E-state index is 9.10. The Morgan fingerprint density at radius 2 is 2.12 bits per heavy atom. The number of nitriles is 1. The molecule has 1 heterocycles. The first-order valence-electron chi connectivity index (χ1n) is 5.63. The van der Waals surface area contributed by atoms with Crippen molar-refractivity contribution in [3.63, 3.8) is 0 Å². The highest BCUT2D eigenvalue weighted by molar-refractivity contribution is 5.56. The number of hydrogen-bond acceptors (Lipinski definition) is 3.